The second-order valence-electron chi connectivity index (χ2n) is 4.26. The van der Waals surface area contributed by atoms with Crippen LogP contribution in [-0.2, 0) is 14.8 Å². The molecule has 21 heavy (non-hydrogen) atoms. The third kappa shape index (κ3) is 4.28. The zero-order valence-corrected chi connectivity index (χ0v) is 13.5. The fourth-order valence-electron chi connectivity index (χ4n) is 1.61. The lowest BCUT2D eigenvalue weighted by molar-refractivity contribution is -0.115. The molecule has 0 bridgehead atoms. The second kappa shape index (κ2) is 6.57. The number of carbonyl (C=O) groups excluding carboxylic acids is 1. The Morgan fingerprint density at radius 3 is 2.71 bits per heavy atom. The predicted molar refractivity (Wildman–Crippen MR) is 84.3 cm³/mol. The molecule has 0 radical (unpaired) electrons. The van der Waals surface area contributed by atoms with Crippen molar-refractivity contribution < 1.29 is 13.2 Å². The van der Waals surface area contributed by atoms with Gasteiger partial charge in [0, 0.05) is 10.7 Å². The van der Waals surface area contributed by atoms with Gasteiger partial charge in [0.05, 0.1) is 6.54 Å². The number of benzene rings is 1. The van der Waals surface area contributed by atoms with E-state index in [-0.39, 0.29) is 10.8 Å². The van der Waals surface area contributed by atoms with Crippen molar-refractivity contribution in [3.05, 3.63) is 46.3 Å². The molecule has 0 saturated carbocycles. The van der Waals surface area contributed by atoms with Crippen molar-refractivity contribution in [1.82, 2.24) is 4.72 Å². The summed E-state index contributed by atoms with van der Waals surface area (Å²) in [6.07, 6.45) is 0. The second-order valence-corrected chi connectivity index (χ2v) is 7.64. The molecule has 0 aliphatic heterocycles. The number of sulfonamides is 1. The minimum atomic E-state index is -3.63. The summed E-state index contributed by atoms with van der Waals surface area (Å²) in [5.41, 5.74) is 1.40. The van der Waals surface area contributed by atoms with E-state index < -0.39 is 15.9 Å². The van der Waals surface area contributed by atoms with E-state index in [4.69, 9.17) is 11.6 Å². The van der Waals surface area contributed by atoms with E-state index in [0.717, 1.165) is 16.9 Å². The van der Waals surface area contributed by atoms with Crippen LogP contribution in [0.25, 0.3) is 0 Å². The minimum absolute atomic E-state index is 0.179. The smallest absolute Gasteiger partial charge is 0.250 e. The highest BCUT2D eigenvalue weighted by Crippen LogP contribution is 2.19. The molecule has 2 rings (SSSR count). The maximum Gasteiger partial charge on any atom is 0.250 e. The Morgan fingerprint density at radius 1 is 1.33 bits per heavy atom. The van der Waals surface area contributed by atoms with Gasteiger partial charge in [0.25, 0.3) is 10.0 Å². The van der Waals surface area contributed by atoms with Crippen molar-refractivity contribution in [2.45, 2.75) is 11.1 Å². The average molecular weight is 345 g/mol. The number of aryl methyl sites for hydroxylation is 1. The van der Waals surface area contributed by atoms with Gasteiger partial charge in [-0.25, -0.2) is 13.1 Å². The maximum atomic E-state index is 11.9. The number of anilines is 1. The van der Waals surface area contributed by atoms with Crippen molar-refractivity contribution in [3.63, 3.8) is 0 Å². The number of hydrogen-bond donors (Lipinski definition) is 2. The van der Waals surface area contributed by atoms with Crippen LogP contribution >= 0.6 is 22.9 Å². The Bertz CT molecular complexity index is 743. The third-order valence-electron chi connectivity index (χ3n) is 2.65. The molecule has 0 saturated heterocycles. The lowest BCUT2D eigenvalue weighted by atomic mass is 10.2. The van der Waals surface area contributed by atoms with Crippen LogP contribution in [0.4, 0.5) is 5.69 Å². The number of nitrogens with one attached hydrogen (secondary N) is 2. The molecule has 1 amide bonds. The molecule has 2 aromatic rings. The average Bonchev–Trinajstić information content (AvgIpc) is 2.95. The molecule has 1 aromatic heterocycles. The molecule has 2 N–H and O–H groups in total. The maximum absolute atomic E-state index is 11.9. The first-order chi connectivity index (χ1) is 9.88. The molecule has 5 nitrogen and oxygen atoms in total. The molecular formula is C13H13ClN2O3S2. The van der Waals surface area contributed by atoms with Crippen LogP contribution in [0, 0.1) is 6.92 Å². The first-order valence-corrected chi connectivity index (χ1v) is 8.72. The fourth-order valence-corrected chi connectivity index (χ4v) is 3.86. The number of carbonyl (C=O) groups is 1. The summed E-state index contributed by atoms with van der Waals surface area (Å²) >= 11 is 6.92. The van der Waals surface area contributed by atoms with Crippen LogP contribution in [-0.4, -0.2) is 20.9 Å². The van der Waals surface area contributed by atoms with Crippen LogP contribution in [0.2, 0.25) is 5.02 Å². The third-order valence-corrected chi connectivity index (χ3v) is 5.68. The normalized spacial score (nSPS) is 11.3. The van der Waals surface area contributed by atoms with Crippen LogP contribution in [0.5, 0.6) is 0 Å². The number of rotatable bonds is 5. The van der Waals surface area contributed by atoms with E-state index in [1.165, 1.54) is 6.07 Å². The summed E-state index contributed by atoms with van der Waals surface area (Å²) in [4.78, 5) is 11.8. The SMILES string of the molecule is Cc1cc(Cl)ccc1NC(=O)CNS(=O)(=O)c1cccs1. The van der Waals surface area contributed by atoms with Crippen LogP contribution in [0.1, 0.15) is 5.56 Å². The fraction of sp³-hybridized carbons (Fsp3) is 0.154. The van der Waals surface area contributed by atoms with E-state index in [0.29, 0.717) is 10.7 Å². The molecule has 0 atom stereocenters. The topological polar surface area (TPSA) is 75.3 Å². The van der Waals surface area contributed by atoms with Crippen LogP contribution in [0.3, 0.4) is 0 Å². The quantitative estimate of drug-likeness (QED) is 0.875. The molecule has 0 spiro atoms. The summed E-state index contributed by atoms with van der Waals surface area (Å²) in [6.45, 7) is 1.47. The molecule has 8 heteroatoms. The van der Waals surface area contributed by atoms with Gasteiger partial charge >= 0.3 is 0 Å². The highest BCUT2D eigenvalue weighted by atomic mass is 35.5. The first-order valence-electron chi connectivity index (χ1n) is 5.97. The minimum Gasteiger partial charge on any atom is -0.325 e. The molecule has 112 valence electrons. The highest BCUT2D eigenvalue weighted by Gasteiger charge is 2.16. The zero-order valence-electron chi connectivity index (χ0n) is 11.1. The van der Waals surface area contributed by atoms with E-state index in [9.17, 15) is 13.2 Å². The summed E-state index contributed by atoms with van der Waals surface area (Å²) in [5.74, 6) is -0.444. The van der Waals surface area contributed by atoms with Gasteiger partial charge in [-0.3, -0.25) is 4.79 Å². The molecular weight excluding hydrogens is 332 g/mol. The Morgan fingerprint density at radius 2 is 2.10 bits per heavy atom. The van der Waals surface area contributed by atoms with E-state index in [1.807, 2.05) is 0 Å². The van der Waals surface area contributed by atoms with Gasteiger partial charge in [-0.2, -0.15) is 0 Å². The summed E-state index contributed by atoms with van der Waals surface area (Å²) in [5, 5.41) is 4.87. The monoisotopic (exact) mass is 344 g/mol. The van der Waals surface area contributed by atoms with Gasteiger partial charge in [0.1, 0.15) is 4.21 Å². The van der Waals surface area contributed by atoms with E-state index in [1.54, 1.807) is 36.6 Å². The number of halogens is 1. The van der Waals surface area contributed by atoms with Gasteiger partial charge in [0.15, 0.2) is 0 Å². The lowest BCUT2D eigenvalue weighted by Crippen LogP contribution is -2.32. The summed E-state index contributed by atoms with van der Waals surface area (Å²) in [7, 11) is -3.63. The standard InChI is InChI=1S/C13H13ClN2O3S2/c1-9-7-10(14)4-5-11(9)16-12(17)8-15-21(18,19)13-3-2-6-20-13/h2-7,15H,8H2,1H3,(H,16,17). The Balaban J connectivity index is 1.97. The predicted octanol–water partition coefficient (Wildman–Crippen LogP) is 2.63. The molecule has 0 unspecified atom stereocenters. The molecule has 1 heterocycles. The first kappa shape index (κ1) is 16.0. The lowest BCUT2D eigenvalue weighted by Gasteiger charge is -2.09. The molecule has 1 aromatic carbocycles. The van der Waals surface area contributed by atoms with Crippen molar-refractivity contribution in [2.75, 3.05) is 11.9 Å². The Labute approximate surface area is 132 Å². The highest BCUT2D eigenvalue weighted by molar-refractivity contribution is 7.91. The summed E-state index contributed by atoms with van der Waals surface area (Å²) < 4.78 is 26.2. The Hall–Kier alpha value is -1.41. The molecule has 0 aliphatic carbocycles. The van der Waals surface area contributed by atoms with Gasteiger partial charge in [-0.1, -0.05) is 17.7 Å². The van der Waals surface area contributed by atoms with Crippen molar-refractivity contribution in [2.24, 2.45) is 0 Å². The van der Waals surface area contributed by atoms with Gasteiger partial charge in [0.2, 0.25) is 5.91 Å². The van der Waals surface area contributed by atoms with Crippen LogP contribution < -0.4 is 10.0 Å². The van der Waals surface area contributed by atoms with Gasteiger partial charge < -0.3 is 5.32 Å². The number of hydrogen-bond acceptors (Lipinski definition) is 4. The Kier molecular flexibility index (Phi) is 5.00. The van der Waals surface area contributed by atoms with Crippen LogP contribution in [0.15, 0.2) is 39.9 Å². The van der Waals surface area contributed by atoms with Gasteiger partial charge in [-0.05, 0) is 42.1 Å². The summed E-state index contributed by atoms with van der Waals surface area (Å²) in [6, 6.07) is 8.15. The molecule has 0 fully saturated rings. The van der Waals surface area contributed by atoms with Gasteiger partial charge in [-0.15, -0.1) is 11.3 Å². The zero-order chi connectivity index (χ0) is 15.5. The van der Waals surface area contributed by atoms with E-state index in [2.05, 4.69) is 10.0 Å². The van der Waals surface area contributed by atoms with E-state index >= 15 is 0 Å². The van der Waals surface area contributed by atoms with Crippen molar-refractivity contribution in [1.29, 1.82) is 0 Å². The van der Waals surface area contributed by atoms with Crippen molar-refractivity contribution >= 4 is 44.6 Å². The largest absolute Gasteiger partial charge is 0.325 e. The van der Waals surface area contributed by atoms with Crippen molar-refractivity contribution in [3.8, 4) is 0 Å². The number of amides is 1. The number of thiophene rings is 1. The molecule has 0 aliphatic rings.